The van der Waals surface area contributed by atoms with Crippen molar-refractivity contribution in [1.29, 1.82) is 0 Å². The minimum atomic E-state index is -0.683. The molecule has 8 nitrogen and oxygen atoms in total. The molecule has 1 saturated heterocycles. The second-order valence-electron chi connectivity index (χ2n) is 7.26. The van der Waals surface area contributed by atoms with Gasteiger partial charge in [-0.3, -0.25) is 19.7 Å². The minimum absolute atomic E-state index is 0.155. The standard InChI is InChI=1S/C21H23N5O3/c27-18-9-11-26(21(29)20-15-5-1-2-6-16(15)24-25-20)13-17(18)23-19(28)8-7-14-4-3-10-22-12-14/h1-6,10,12,17-18,27H,7-9,11,13H2,(H,23,28)(H,24,25)/t17-,18+/m1/s1. The number of pyridine rings is 1. The molecule has 0 unspecified atom stereocenters. The molecule has 0 bridgehead atoms. The lowest BCUT2D eigenvalue weighted by Gasteiger charge is -2.36. The molecule has 0 spiro atoms. The third-order valence-corrected chi connectivity index (χ3v) is 5.25. The number of para-hydroxylation sites is 1. The Labute approximate surface area is 167 Å². The lowest BCUT2D eigenvalue weighted by atomic mass is 10.0. The minimum Gasteiger partial charge on any atom is -0.391 e. The van der Waals surface area contributed by atoms with Gasteiger partial charge in [0.15, 0.2) is 5.69 Å². The summed E-state index contributed by atoms with van der Waals surface area (Å²) in [6.45, 7) is 0.670. The van der Waals surface area contributed by atoms with Gasteiger partial charge in [0, 0.05) is 37.3 Å². The highest BCUT2D eigenvalue weighted by Crippen LogP contribution is 2.20. The molecule has 29 heavy (non-hydrogen) atoms. The van der Waals surface area contributed by atoms with E-state index in [4.69, 9.17) is 0 Å². The largest absolute Gasteiger partial charge is 0.391 e. The molecule has 3 heterocycles. The molecule has 1 aliphatic heterocycles. The van der Waals surface area contributed by atoms with E-state index in [9.17, 15) is 14.7 Å². The van der Waals surface area contributed by atoms with Crippen LogP contribution in [0.4, 0.5) is 0 Å². The molecule has 2 amide bonds. The quantitative estimate of drug-likeness (QED) is 0.605. The summed E-state index contributed by atoms with van der Waals surface area (Å²) in [7, 11) is 0. The van der Waals surface area contributed by atoms with Crippen LogP contribution in [0.3, 0.4) is 0 Å². The first-order chi connectivity index (χ1) is 14.1. The summed E-state index contributed by atoms with van der Waals surface area (Å²) in [6, 6.07) is 10.7. The van der Waals surface area contributed by atoms with Crippen LogP contribution in [-0.4, -0.2) is 62.2 Å². The molecule has 1 fully saturated rings. The third-order valence-electron chi connectivity index (χ3n) is 5.25. The van der Waals surface area contributed by atoms with Crippen molar-refractivity contribution in [2.24, 2.45) is 0 Å². The first kappa shape index (κ1) is 19.1. The second-order valence-corrected chi connectivity index (χ2v) is 7.26. The van der Waals surface area contributed by atoms with Crippen LogP contribution >= 0.6 is 0 Å². The van der Waals surface area contributed by atoms with E-state index in [0.29, 0.717) is 31.5 Å². The van der Waals surface area contributed by atoms with Gasteiger partial charge in [-0.15, -0.1) is 0 Å². The number of hydrogen-bond acceptors (Lipinski definition) is 5. The number of likely N-dealkylation sites (tertiary alicyclic amines) is 1. The van der Waals surface area contributed by atoms with E-state index in [1.807, 2.05) is 36.4 Å². The van der Waals surface area contributed by atoms with Crippen molar-refractivity contribution >= 4 is 22.7 Å². The molecular formula is C21H23N5O3. The van der Waals surface area contributed by atoms with Gasteiger partial charge < -0.3 is 15.3 Å². The summed E-state index contributed by atoms with van der Waals surface area (Å²) in [4.78, 5) is 31.0. The zero-order valence-electron chi connectivity index (χ0n) is 15.9. The number of fused-ring (bicyclic) bond motifs is 1. The number of rotatable bonds is 5. The normalized spacial score (nSPS) is 19.3. The number of piperidine rings is 1. The van der Waals surface area contributed by atoms with Gasteiger partial charge in [0.05, 0.1) is 17.7 Å². The number of nitrogens with one attached hydrogen (secondary N) is 2. The maximum Gasteiger partial charge on any atom is 0.275 e. The number of aromatic amines is 1. The molecular weight excluding hydrogens is 370 g/mol. The molecule has 0 aliphatic carbocycles. The van der Waals surface area contributed by atoms with Gasteiger partial charge in [-0.1, -0.05) is 24.3 Å². The van der Waals surface area contributed by atoms with Gasteiger partial charge in [-0.2, -0.15) is 5.10 Å². The Morgan fingerprint density at radius 1 is 1.24 bits per heavy atom. The number of amides is 2. The van der Waals surface area contributed by atoms with Gasteiger partial charge in [-0.05, 0) is 30.5 Å². The summed E-state index contributed by atoms with van der Waals surface area (Å²) in [5.41, 5.74) is 2.14. The predicted molar refractivity (Wildman–Crippen MR) is 107 cm³/mol. The number of nitrogens with zero attached hydrogens (tertiary/aromatic N) is 3. The van der Waals surface area contributed by atoms with E-state index < -0.39 is 12.1 Å². The fourth-order valence-electron chi connectivity index (χ4n) is 3.63. The number of aryl methyl sites for hydroxylation is 1. The average Bonchev–Trinajstić information content (AvgIpc) is 3.18. The fraction of sp³-hybridized carbons (Fsp3) is 0.333. The maximum atomic E-state index is 13.0. The summed E-state index contributed by atoms with van der Waals surface area (Å²) < 4.78 is 0. The SMILES string of the molecule is O=C(CCc1cccnc1)N[C@@H]1CN(C(=O)c2n[nH]c3ccccc23)CC[C@@H]1O. The summed E-state index contributed by atoms with van der Waals surface area (Å²) >= 11 is 0. The van der Waals surface area contributed by atoms with Crippen LogP contribution in [0.5, 0.6) is 0 Å². The van der Waals surface area contributed by atoms with Crippen LogP contribution < -0.4 is 5.32 Å². The van der Waals surface area contributed by atoms with Crippen LogP contribution in [0.1, 0.15) is 28.9 Å². The first-order valence-corrected chi connectivity index (χ1v) is 9.70. The van der Waals surface area contributed by atoms with Gasteiger partial charge in [-0.25, -0.2) is 0 Å². The molecule has 8 heteroatoms. The Balaban J connectivity index is 1.38. The number of hydrogen-bond donors (Lipinski definition) is 3. The van der Waals surface area contributed by atoms with E-state index in [-0.39, 0.29) is 18.4 Å². The van der Waals surface area contributed by atoms with E-state index in [2.05, 4.69) is 20.5 Å². The Morgan fingerprint density at radius 2 is 2.10 bits per heavy atom. The zero-order valence-corrected chi connectivity index (χ0v) is 15.9. The molecule has 2 aromatic heterocycles. The van der Waals surface area contributed by atoms with Crippen molar-refractivity contribution in [2.75, 3.05) is 13.1 Å². The molecule has 0 radical (unpaired) electrons. The maximum absolute atomic E-state index is 13.0. The van der Waals surface area contributed by atoms with Crippen molar-refractivity contribution < 1.29 is 14.7 Å². The highest BCUT2D eigenvalue weighted by Gasteiger charge is 2.32. The van der Waals surface area contributed by atoms with Crippen molar-refractivity contribution in [2.45, 2.75) is 31.4 Å². The van der Waals surface area contributed by atoms with Gasteiger partial charge in [0.25, 0.3) is 5.91 Å². The second kappa shape index (κ2) is 8.40. The number of benzene rings is 1. The fourth-order valence-corrected chi connectivity index (χ4v) is 3.63. The zero-order chi connectivity index (χ0) is 20.2. The Hall–Kier alpha value is -3.26. The van der Waals surface area contributed by atoms with Crippen LogP contribution in [0, 0.1) is 0 Å². The summed E-state index contributed by atoms with van der Waals surface area (Å²) in [6.07, 6.45) is 4.02. The monoisotopic (exact) mass is 393 g/mol. The van der Waals surface area contributed by atoms with Crippen LogP contribution in [0.15, 0.2) is 48.8 Å². The van der Waals surface area contributed by atoms with Gasteiger partial charge in [0.2, 0.25) is 5.91 Å². The molecule has 3 aromatic rings. The molecule has 1 aromatic carbocycles. The number of aromatic nitrogens is 3. The number of aliphatic hydroxyl groups is 1. The first-order valence-electron chi connectivity index (χ1n) is 9.70. The van der Waals surface area contributed by atoms with Crippen LogP contribution in [-0.2, 0) is 11.2 Å². The van der Waals surface area contributed by atoms with Crippen LogP contribution in [0.2, 0.25) is 0 Å². The van der Waals surface area contributed by atoms with Gasteiger partial charge >= 0.3 is 0 Å². The van der Waals surface area contributed by atoms with E-state index in [1.54, 1.807) is 17.3 Å². The topological polar surface area (TPSA) is 111 Å². The number of aliphatic hydroxyl groups excluding tert-OH is 1. The summed E-state index contributed by atoms with van der Waals surface area (Å²) in [5, 5.41) is 21.0. The van der Waals surface area contributed by atoms with E-state index in [1.165, 1.54) is 0 Å². The number of H-pyrrole nitrogens is 1. The van der Waals surface area contributed by atoms with Crippen molar-refractivity contribution in [3.8, 4) is 0 Å². The van der Waals surface area contributed by atoms with E-state index in [0.717, 1.165) is 16.5 Å². The Bertz CT molecular complexity index is 1000. The third kappa shape index (κ3) is 4.27. The average molecular weight is 393 g/mol. The molecule has 1 aliphatic rings. The Morgan fingerprint density at radius 3 is 2.93 bits per heavy atom. The smallest absolute Gasteiger partial charge is 0.275 e. The molecule has 4 rings (SSSR count). The molecule has 2 atom stereocenters. The number of carbonyl (C=O) groups is 2. The van der Waals surface area contributed by atoms with Crippen LogP contribution in [0.25, 0.3) is 10.9 Å². The highest BCUT2D eigenvalue weighted by atomic mass is 16.3. The lowest BCUT2D eigenvalue weighted by Crippen LogP contribution is -2.56. The van der Waals surface area contributed by atoms with Crippen molar-refractivity contribution in [3.05, 3.63) is 60.0 Å². The molecule has 150 valence electrons. The highest BCUT2D eigenvalue weighted by molar-refractivity contribution is 6.04. The van der Waals surface area contributed by atoms with Crippen molar-refractivity contribution in [1.82, 2.24) is 25.4 Å². The molecule has 3 N–H and O–H groups in total. The van der Waals surface area contributed by atoms with E-state index >= 15 is 0 Å². The Kier molecular flexibility index (Phi) is 5.53. The molecule has 0 saturated carbocycles. The van der Waals surface area contributed by atoms with Crippen molar-refractivity contribution in [3.63, 3.8) is 0 Å². The predicted octanol–water partition coefficient (Wildman–Crippen LogP) is 1.28. The number of carbonyl (C=O) groups excluding carboxylic acids is 2. The summed E-state index contributed by atoms with van der Waals surface area (Å²) in [5.74, 6) is -0.360. The van der Waals surface area contributed by atoms with Gasteiger partial charge in [0.1, 0.15) is 0 Å². The lowest BCUT2D eigenvalue weighted by molar-refractivity contribution is -0.123.